The Hall–Kier alpha value is -2.82. The average Bonchev–Trinajstić information content (AvgIpc) is 3.06. The topological polar surface area (TPSA) is 64.4 Å². The fourth-order valence-corrected chi connectivity index (χ4v) is 2.79. The highest BCUT2D eigenvalue weighted by atomic mass is 16.5. The van der Waals surface area contributed by atoms with E-state index in [1.54, 1.807) is 7.11 Å². The van der Waals surface area contributed by atoms with Crippen LogP contribution in [-0.2, 0) is 4.79 Å². The summed E-state index contributed by atoms with van der Waals surface area (Å²) in [6.45, 7) is 4.04. The summed E-state index contributed by atoms with van der Waals surface area (Å²) in [5.41, 5.74) is 2.95. The highest BCUT2D eigenvalue weighted by Gasteiger charge is 2.15. The summed E-state index contributed by atoms with van der Waals surface area (Å²) in [4.78, 5) is 16.7. The van der Waals surface area contributed by atoms with Gasteiger partial charge in [-0.1, -0.05) is 19.9 Å². The number of hydrogen-bond acceptors (Lipinski definition) is 4. The van der Waals surface area contributed by atoms with Crippen molar-refractivity contribution in [3.05, 3.63) is 42.5 Å². The summed E-state index contributed by atoms with van der Waals surface area (Å²) >= 11 is 0. The van der Waals surface area contributed by atoms with Crippen molar-refractivity contribution in [2.24, 2.45) is 5.92 Å². The van der Waals surface area contributed by atoms with Crippen molar-refractivity contribution in [3.63, 3.8) is 0 Å². The van der Waals surface area contributed by atoms with E-state index in [4.69, 9.17) is 9.15 Å². The van der Waals surface area contributed by atoms with E-state index in [1.807, 2.05) is 56.3 Å². The van der Waals surface area contributed by atoms with E-state index in [0.29, 0.717) is 11.5 Å². The van der Waals surface area contributed by atoms with Gasteiger partial charge in [0.05, 0.1) is 7.11 Å². The first kappa shape index (κ1) is 17.0. The molecule has 0 unspecified atom stereocenters. The monoisotopic (exact) mass is 338 g/mol. The molecule has 0 radical (unpaired) electrons. The van der Waals surface area contributed by atoms with E-state index >= 15 is 0 Å². The zero-order valence-electron chi connectivity index (χ0n) is 14.7. The molecule has 3 rings (SSSR count). The van der Waals surface area contributed by atoms with Crippen LogP contribution < -0.4 is 10.1 Å². The zero-order valence-corrected chi connectivity index (χ0v) is 14.7. The van der Waals surface area contributed by atoms with Crippen LogP contribution in [0.15, 0.2) is 46.9 Å². The van der Waals surface area contributed by atoms with E-state index in [-0.39, 0.29) is 11.8 Å². The van der Waals surface area contributed by atoms with Gasteiger partial charge in [-0.2, -0.15) is 0 Å². The molecule has 0 atom stereocenters. The molecule has 0 aliphatic heterocycles. The van der Waals surface area contributed by atoms with Crippen LogP contribution in [0.4, 0.5) is 5.69 Å². The predicted molar refractivity (Wildman–Crippen MR) is 98.7 cm³/mol. The minimum atomic E-state index is 0.0257. The third-order valence-electron chi connectivity index (χ3n) is 4.33. The third-order valence-corrected chi connectivity index (χ3v) is 4.33. The lowest BCUT2D eigenvalue weighted by Crippen LogP contribution is -2.21. The molecule has 5 heteroatoms. The Morgan fingerprint density at radius 2 is 2.00 bits per heavy atom. The van der Waals surface area contributed by atoms with Crippen LogP contribution in [0.3, 0.4) is 0 Å². The van der Waals surface area contributed by atoms with Crippen LogP contribution >= 0.6 is 0 Å². The van der Waals surface area contributed by atoms with Gasteiger partial charge in [-0.05, 0) is 43.2 Å². The van der Waals surface area contributed by atoms with Crippen LogP contribution in [0.25, 0.3) is 22.6 Å². The largest absolute Gasteiger partial charge is 0.497 e. The Morgan fingerprint density at radius 3 is 2.72 bits per heavy atom. The van der Waals surface area contributed by atoms with Crippen LogP contribution in [0, 0.1) is 5.92 Å². The van der Waals surface area contributed by atoms with Gasteiger partial charge in [0.1, 0.15) is 11.3 Å². The van der Waals surface area contributed by atoms with Gasteiger partial charge in [-0.15, -0.1) is 0 Å². The molecule has 0 aliphatic rings. The van der Waals surface area contributed by atoms with Gasteiger partial charge in [0, 0.05) is 23.2 Å². The highest BCUT2D eigenvalue weighted by Crippen LogP contribution is 2.28. The number of carbonyl (C=O) groups is 1. The Bertz CT molecular complexity index is 882. The minimum Gasteiger partial charge on any atom is -0.497 e. The molecule has 3 aromatic rings. The van der Waals surface area contributed by atoms with Gasteiger partial charge >= 0.3 is 0 Å². The number of aromatic nitrogens is 1. The normalized spacial score (nSPS) is 11.0. The lowest BCUT2D eigenvalue weighted by molar-refractivity contribution is -0.120. The summed E-state index contributed by atoms with van der Waals surface area (Å²) in [6, 6.07) is 13.1. The SMILES string of the molecule is CCC(CC)C(=O)Nc1ccc2nc(-c3cccc(OC)c3)oc2c1. The summed E-state index contributed by atoms with van der Waals surface area (Å²) in [5, 5.41) is 2.96. The molecule has 1 N–H and O–H groups in total. The number of nitrogens with zero attached hydrogens (tertiary/aromatic N) is 1. The van der Waals surface area contributed by atoms with Crippen molar-refractivity contribution in [1.29, 1.82) is 0 Å². The standard InChI is InChI=1S/C20H22N2O3/c1-4-13(5-2)19(23)21-15-9-10-17-18(12-15)25-20(22-17)14-7-6-8-16(11-14)24-3/h6-13H,4-5H2,1-3H3,(H,21,23). The van der Waals surface area contributed by atoms with Crippen LogP contribution in [-0.4, -0.2) is 18.0 Å². The number of ether oxygens (including phenoxy) is 1. The molecule has 0 spiro atoms. The lowest BCUT2D eigenvalue weighted by Gasteiger charge is -2.12. The third kappa shape index (κ3) is 3.65. The maximum absolute atomic E-state index is 12.2. The smallest absolute Gasteiger partial charge is 0.227 e. The summed E-state index contributed by atoms with van der Waals surface area (Å²) < 4.78 is 11.1. The molecular formula is C20H22N2O3. The maximum atomic E-state index is 12.2. The Kier molecular flexibility index (Phi) is 5.03. The molecule has 0 saturated carbocycles. The van der Waals surface area contributed by atoms with E-state index in [2.05, 4.69) is 10.3 Å². The summed E-state index contributed by atoms with van der Waals surface area (Å²) in [5.74, 6) is 1.34. The maximum Gasteiger partial charge on any atom is 0.227 e. The molecule has 0 aliphatic carbocycles. The number of oxazole rings is 1. The zero-order chi connectivity index (χ0) is 17.8. The van der Waals surface area contributed by atoms with Crippen molar-refractivity contribution in [2.75, 3.05) is 12.4 Å². The minimum absolute atomic E-state index is 0.0257. The molecule has 5 nitrogen and oxygen atoms in total. The predicted octanol–water partition coefficient (Wildman–Crippen LogP) is 4.88. The number of benzene rings is 2. The molecule has 1 amide bonds. The van der Waals surface area contributed by atoms with Crippen molar-refractivity contribution in [1.82, 2.24) is 4.98 Å². The van der Waals surface area contributed by atoms with Crippen molar-refractivity contribution < 1.29 is 13.9 Å². The number of fused-ring (bicyclic) bond motifs is 1. The fourth-order valence-electron chi connectivity index (χ4n) is 2.79. The first-order chi connectivity index (χ1) is 12.1. The Balaban J connectivity index is 1.87. The first-order valence-corrected chi connectivity index (χ1v) is 8.50. The number of hydrogen-bond donors (Lipinski definition) is 1. The van der Waals surface area contributed by atoms with Crippen LogP contribution in [0.5, 0.6) is 5.75 Å². The molecule has 1 aromatic heterocycles. The van der Waals surface area contributed by atoms with Gasteiger partial charge in [0.15, 0.2) is 5.58 Å². The van der Waals surface area contributed by atoms with Crippen LogP contribution in [0.2, 0.25) is 0 Å². The van der Waals surface area contributed by atoms with Gasteiger partial charge in [-0.25, -0.2) is 4.98 Å². The summed E-state index contributed by atoms with van der Waals surface area (Å²) in [6.07, 6.45) is 1.65. The molecule has 2 aromatic carbocycles. The van der Waals surface area contributed by atoms with Gasteiger partial charge in [0.2, 0.25) is 11.8 Å². The van der Waals surface area contributed by atoms with Crippen molar-refractivity contribution in [2.45, 2.75) is 26.7 Å². The lowest BCUT2D eigenvalue weighted by atomic mass is 10.0. The van der Waals surface area contributed by atoms with Crippen molar-refractivity contribution in [3.8, 4) is 17.2 Å². The van der Waals surface area contributed by atoms with E-state index in [0.717, 1.165) is 35.4 Å². The van der Waals surface area contributed by atoms with Crippen LogP contribution in [0.1, 0.15) is 26.7 Å². The Labute approximate surface area is 147 Å². The van der Waals surface area contributed by atoms with E-state index in [9.17, 15) is 4.79 Å². The molecular weight excluding hydrogens is 316 g/mol. The van der Waals surface area contributed by atoms with Crippen molar-refractivity contribution >= 4 is 22.7 Å². The number of carbonyl (C=O) groups excluding carboxylic acids is 1. The first-order valence-electron chi connectivity index (χ1n) is 8.50. The molecule has 25 heavy (non-hydrogen) atoms. The number of amides is 1. The Morgan fingerprint density at radius 1 is 1.20 bits per heavy atom. The number of rotatable bonds is 6. The highest BCUT2D eigenvalue weighted by molar-refractivity contribution is 5.94. The molecule has 1 heterocycles. The van der Waals surface area contributed by atoms with Gasteiger partial charge < -0.3 is 14.5 Å². The summed E-state index contributed by atoms with van der Waals surface area (Å²) in [7, 11) is 1.63. The number of nitrogens with one attached hydrogen (secondary N) is 1. The average molecular weight is 338 g/mol. The van der Waals surface area contributed by atoms with Gasteiger partial charge in [-0.3, -0.25) is 4.79 Å². The second-order valence-electron chi connectivity index (χ2n) is 5.94. The molecule has 0 saturated heterocycles. The quantitative estimate of drug-likeness (QED) is 0.696. The second-order valence-corrected chi connectivity index (χ2v) is 5.94. The van der Waals surface area contributed by atoms with Gasteiger partial charge in [0.25, 0.3) is 0 Å². The molecule has 130 valence electrons. The number of anilines is 1. The second kappa shape index (κ2) is 7.38. The molecule has 0 fully saturated rings. The molecule has 0 bridgehead atoms. The van der Waals surface area contributed by atoms with E-state index in [1.165, 1.54) is 0 Å². The fraction of sp³-hybridized carbons (Fsp3) is 0.300. The number of methoxy groups -OCH3 is 1. The van der Waals surface area contributed by atoms with E-state index < -0.39 is 0 Å².